The zero-order chi connectivity index (χ0) is 9.80. The minimum Gasteiger partial charge on any atom is -0.380 e. The molecule has 0 aliphatic carbocycles. The molecule has 2 aliphatic heterocycles. The van der Waals surface area contributed by atoms with Crippen LogP contribution in [-0.2, 0) is 4.74 Å². The van der Waals surface area contributed by atoms with Gasteiger partial charge in [0.25, 0.3) is 0 Å². The smallest absolute Gasteiger partial charge is 0.0622 e. The molecule has 0 bridgehead atoms. The van der Waals surface area contributed by atoms with Crippen molar-refractivity contribution < 1.29 is 4.74 Å². The Hall–Kier alpha value is 0.400. The van der Waals surface area contributed by atoms with Gasteiger partial charge < -0.3 is 4.74 Å². The highest BCUT2D eigenvalue weighted by Gasteiger charge is 2.32. The van der Waals surface area contributed by atoms with Crippen LogP contribution in [0.5, 0.6) is 0 Å². The summed E-state index contributed by atoms with van der Waals surface area (Å²) in [6, 6.07) is 1.58. The van der Waals surface area contributed by atoms with Crippen molar-refractivity contribution in [1.82, 2.24) is 4.90 Å². The quantitative estimate of drug-likeness (QED) is 0.721. The monoisotopic (exact) mass is 261 g/mol. The predicted molar refractivity (Wildman–Crippen MR) is 62.0 cm³/mol. The van der Waals surface area contributed by atoms with E-state index in [1.807, 2.05) is 0 Å². The zero-order valence-corrected chi connectivity index (χ0v) is 10.3. The van der Waals surface area contributed by atoms with E-state index in [2.05, 4.69) is 20.8 Å². The van der Waals surface area contributed by atoms with Crippen LogP contribution in [0.15, 0.2) is 0 Å². The van der Waals surface area contributed by atoms with Crippen molar-refractivity contribution in [2.45, 2.75) is 44.2 Å². The van der Waals surface area contributed by atoms with Crippen LogP contribution < -0.4 is 0 Å². The summed E-state index contributed by atoms with van der Waals surface area (Å²) in [5.74, 6) is 0. The van der Waals surface area contributed by atoms with Crippen molar-refractivity contribution in [3.63, 3.8) is 0 Å². The van der Waals surface area contributed by atoms with Gasteiger partial charge in [-0.1, -0.05) is 15.9 Å². The standard InChI is InChI=1S/C11H20BrNO/c12-6-1-3-10-4-2-7-13(10)11-5-8-14-9-11/h10-11H,1-9H2. The van der Waals surface area contributed by atoms with Crippen LogP contribution in [-0.4, -0.2) is 42.1 Å². The molecule has 2 nitrogen and oxygen atoms in total. The fourth-order valence-corrected chi connectivity index (χ4v) is 3.07. The topological polar surface area (TPSA) is 12.5 Å². The van der Waals surface area contributed by atoms with E-state index in [9.17, 15) is 0 Å². The second-order valence-electron chi connectivity index (χ2n) is 4.38. The van der Waals surface area contributed by atoms with Gasteiger partial charge in [-0.2, -0.15) is 0 Å². The molecule has 2 aliphatic rings. The minimum absolute atomic E-state index is 0.734. The van der Waals surface area contributed by atoms with Crippen molar-refractivity contribution in [3.05, 3.63) is 0 Å². The van der Waals surface area contributed by atoms with Crippen molar-refractivity contribution in [2.24, 2.45) is 0 Å². The van der Waals surface area contributed by atoms with E-state index in [1.54, 1.807) is 0 Å². The lowest BCUT2D eigenvalue weighted by molar-refractivity contribution is 0.132. The highest BCUT2D eigenvalue weighted by molar-refractivity contribution is 9.09. The Morgan fingerprint density at radius 2 is 2.29 bits per heavy atom. The molecule has 2 rings (SSSR count). The average molecular weight is 262 g/mol. The van der Waals surface area contributed by atoms with E-state index in [4.69, 9.17) is 4.74 Å². The fraction of sp³-hybridized carbons (Fsp3) is 1.00. The molecule has 0 aromatic carbocycles. The summed E-state index contributed by atoms with van der Waals surface area (Å²) in [4.78, 5) is 2.70. The molecule has 14 heavy (non-hydrogen) atoms. The third kappa shape index (κ3) is 2.50. The molecule has 0 amide bonds. The molecule has 82 valence electrons. The molecule has 0 radical (unpaired) electrons. The summed E-state index contributed by atoms with van der Waals surface area (Å²) < 4.78 is 5.47. The Morgan fingerprint density at radius 1 is 1.36 bits per heavy atom. The Bertz CT molecular complexity index is 171. The molecular formula is C11H20BrNO. The first-order valence-electron chi connectivity index (χ1n) is 5.81. The van der Waals surface area contributed by atoms with Gasteiger partial charge in [-0.05, 0) is 38.6 Å². The lowest BCUT2D eigenvalue weighted by Crippen LogP contribution is -2.39. The van der Waals surface area contributed by atoms with E-state index < -0.39 is 0 Å². The summed E-state index contributed by atoms with van der Waals surface area (Å²) in [7, 11) is 0. The van der Waals surface area contributed by atoms with Gasteiger partial charge in [0, 0.05) is 24.0 Å². The minimum atomic E-state index is 0.734. The van der Waals surface area contributed by atoms with E-state index >= 15 is 0 Å². The summed E-state index contributed by atoms with van der Waals surface area (Å²) >= 11 is 3.52. The predicted octanol–water partition coefficient (Wildman–Crippen LogP) is 2.41. The maximum Gasteiger partial charge on any atom is 0.0622 e. The Labute approximate surface area is 95.1 Å². The fourth-order valence-electron chi connectivity index (χ4n) is 2.75. The number of hydrogen-bond acceptors (Lipinski definition) is 2. The van der Waals surface area contributed by atoms with Crippen molar-refractivity contribution >= 4 is 15.9 Å². The van der Waals surface area contributed by atoms with Gasteiger partial charge >= 0.3 is 0 Å². The molecule has 0 aromatic rings. The van der Waals surface area contributed by atoms with Crippen LogP contribution in [0.1, 0.15) is 32.1 Å². The summed E-state index contributed by atoms with van der Waals surface area (Å²) in [5.41, 5.74) is 0. The highest BCUT2D eigenvalue weighted by Crippen LogP contribution is 2.27. The maximum atomic E-state index is 5.47. The largest absolute Gasteiger partial charge is 0.380 e. The van der Waals surface area contributed by atoms with Gasteiger partial charge in [-0.15, -0.1) is 0 Å². The van der Waals surface area contributed by atoms with Crippen molar-refractivity contribution in [1.29, 1.82) is 0 Å². The van der Waals surface area contributed by atoms with Gasteiger partial charge in [0.15, 0.2) is 0 Å². The number of ether oxygens (including phenoxy) is 1. The highest BCUT2D eigenvalue weighted by atomic mass is 79.9. The lowest BCUT2D eigenvalue weighted by Gasteiger charge is -2.29. The van der Waals surface area contributed by atoms with Gasteiger partial charge in [0.2, 0.25) is 0 Å². The third-order valence-corrected chi connectivity index (χ3v) is 4.03. The molecule has 0 aromatic heterocycles. The normalized spacial score (nSPS) is 34.1. The number of nitrogens with zero attached hydrogens (tertiary/aromatic N) is 1. The van der Waals surface area contributed by atoms with Crippen molar-refractivity contribution in [3.8, 4) is 0 Å². The van der Waals surface area contributed by atoms with E-state index in [0.717, 1.165) is 30.6 Å². The van der Waals surface area contributed by atoms with E-state index in [0.29, 0.717) is 0 Å². The first-order valence-corrected chi connectivity index (χ1v) is 6.93. The molecule has 3 heteroatoms. The Kier molecular flexibility index (Phi) is 4.26. The van der Waals surface area contributed by atoms with Gasteiger partial charge in [0.05, 0.1) is 6.61 Å². The van der Waals surface area contributed by atoms with Crippen LogP contribution in [0.25, 0.3) is 0 Å². The molecule has 2 atom stereocenters. The van der Waals surface area contributed by atoms with Crippen LogP contribution in [0.3, 0.4) is 0 Å². The maximum absolute atomic E-state index is 5.47. The van der Waals surface area contributed by atoms with Crippen LogP contribution in [0, 0.1) is 0 Å². The molecule has 2 heterocycles. The van der Waals surface area contributed by atoms with Crippen LogP contribution in [0.2, 0.25) is 0 Å². The zero-order valence-electron chi connectivity index (χ0n) is 8.75. The molecule has 2 unspecified atom stereocenters. The van der Waals surface area contributed by atoms with Crippen LogP contribution >= 0.6 is 15.9 Å². The SMILES string of the molecule is BrCCCC1CCCN1C1CCOC1. The van der Waals surface area contributed by atoms with Gasteiger partial charge in [0.1, 0.15) is 0 Å². The van der Waals surface area contributed by atoms with Gasteiger partial charge in [-0.3, -0.25) is 4.90 Å². The Morgan fingerprint density at radius 3 is 3.00 bits per heavy atom. The van der Waals surface area contributed by atoms with Crippen LogP contribution in [0.4, 0.5) is 0 Å². The van der Waals surface area contributed by atoms with E-state index in [1.165, 1.54) is 38.6 Å². The molecule has 2 saturated heterocycles. The summed E-state index contributed by atoms with van der Waals surface area (Å²) in [5, 5.41) is 1.15. The summed E-state index contributed by atoms with van der Waals surface area (Å²) in [6.07, 6.45) is 6.73. The lowest BCUT2D eigenvalue weighted by atomic mass is 10.1. The molecule has 0 saturated carbocycles. The number of likely N-dealkylation sites (tertiary alicyclic amines) is 1. The number of rotatable bonds is 4. The molecular weight excluding hydrogens is 242 g/mol. The first-order chi connectivity index (χ1) is 6.92. The number of halogens is 1. The number of hydrogen-bond donors (Lipinski definition) is 0. The number of alkyl halides is 1. The van der Waals surface area contributed by atoms with E-state index in [-0.39, 0.29) is 0 Å². The van der Waals surface area contributed by atoms with Crippen molar-refractivity contribution in [2.75, 3.05) is 25.1 Å². The first kappa shape index (κ1) is 10.9. The molecule has 2 fully saturated rings. The second-order valence-corrected chi connectivity index (χ2v) is 5.18. The Balaban J connectivity index is 1.82. The summed E-state index contributed by atoms with van der Waals surface area (Å²) in [6.45, 7) is 3.26. The van der Waals surface area contributed by atoms with Gasteiger partial charge in [-0.25, -0.2) is 0 Å². The third-order valence-electron chi connectivity index (χ3n) is 3.47. The second kappa shape index (κ2) is 5.47. The molecule has 0 N–H and O–H groups in total. The average Bonchev–Trinajstić information content (AvgIpc) is 2.84. The molecule has 0 spiro atoms.